The van der Waals surface area contributed by atoms with Crippen molar-refractivity contribution in [1.29, 1.82) is 0 Å². The molecule has 0 radical (unpaired) electrons. The summed E-state index contributed by atoms with van der Waals surface area (Å²) in [5.41, 5.74) is 0. The van der Waals surface area contributed by atoms with Crippen LogP contribution >= 0.6 is 0 Å². The fourth-order valence-corrected chi connectivity index (χ4v) is 2.34. The van der Waals surface area contributed by atoms with Crippen molar-refractivity contribution in [1.82, 2.24) is 15.5 Å². The van der Waals surface area contributed by atoms with Crippen LogP contribution in [-0.4, -0.2) is 56.1 Å². The first-order valence-electron chi connectivity index (χ1n) is 9.15. The molecule has 1 amide bonds. The first-order chi connectivity index (χ1) is 12.2. The van der Waals surface area contributed by atoms with Crippen LogP contribution in [0, 0.1) is 0 Å². The summed E-state index contributed by atoms with van der Waals surface area (Å²) in [4.78, 5) is 18.3. The minimum Gasteiger partial charge on any atom is -0.492 e. The number of guanidine groups is 1. The number of hydrogen-bond donors (Lipinski definition) is 2. The van der Waals surface area contributed by atoms with E-state index < -0.39 is 0 Å². The first-order valence-corrected chi connectivity index (χ1v) is 9.15. The molecule has 1 aromatic carbocycles. The van der Waals surface area contributed by atoms with Gasteiger partial charge in [0.2, 0.25) is 5.91 Å². The molecule has 1 aliphatic carbocycles. The molecule has 0 bridgehead atoms. The van der Waals surface area contributed by atoms with Gasteiger partial charge in [0.25, 0.3) is 0 Å². The van der Waals surface area contributed by atoms with Crippen molar-refractivity contribution in [3.63, 3.8) is 0 Å². The third-order valence-electron chi connectivity index (χ3n) is 3.90. The van der Waals surface area contributed by atoms with Gasteiger partial charge in [0.15, 0.2) is 5.96 Å². The van der Waals surface area contributed by atoms with Crippen LogP contribution in [0.25, 0.3) is 0 Å². The van der Waals surface area contributed by atoms with Crippen LogP contribution in [0.2, 0.25) is 0 Å². The number of ether oxygens (including phenoxy) is 1. The molecule has 6 nitrogen and oxygen atoms in total. The molecule has 25 heavy (non-hydrogen) atoms. The van der Waals surface area contributed by atoms with Gasteiger partial charge in [0, 0.05) is 32.6 Å². The van der Waals surface area contributed by atoms with Crippen LogP contribution in [0.4, 0.5) is 0 Å². The number of benzene rings is 1. The van der Waals surface area contributed by atoms with Crippen LogP contribution < -0.4 is 15.4 Å². The van der Waals surface area contributed by atoms with E-state index >= 15 is 0 Å². The molecule has 0 spiro atoms. The lowest BCUT2D eigenvalue weighted by atomic mass is 10.3. The molecule has 0 aromatic heterocycles. The number of nitrogens with zero attached hydrogens (tertiary/aromatic N) is 2. The Morgan fingerprint density at radius 1 is 1.32 bits per heavy atom. The highest BCUT2D eigenvalue weighted by Crippen LogP contribution is 2.18. The van der Waals surface area contributed by atoms with E-state index in [1.807, 2.05) is 44.3 Å². The zero-order valence-corrected chi connectivity index (χ0v) is 15.3. The number of nitrogens with one attached hydrogen (secondary N) is 2. The standard InChI is InChI=1S/C19H30N4O2/c1-3-20-19(21-13-7-10-18(24)22-16-11-12-16)23(2)14-15-25-17-8-5-4-6-9-17/h4-6,8-9,16H,3,7,10-15H2,1-2H3,(H,20,21)(H,22,24). The number of likely N-dealkylation sites (N-methyl/N-ethyl adjacent to an activating group) is 1. The summed E-state index contributed by atoms with van der Waals surface area (Å²) in [7, 11) is 2.00. The van der Waals surface area contributed by atoms with Crippen molar-refractivity contribution in [2.75, 3.05) is 33.3 Å². The number of aliphatic imine (C=N–C) groups is 1. The molecular weight excluding hydrogens is 316 g/mol. The summed E-state index contributed by atoms with van der Waals surface area (Å²) in [5.74, 6) is 1.87. The molecule has 138 valence electrons. The van der Waals surface area contributed by atoms with E-state index in [9.17, 15) is 4.79 Å². The van der Waals surface area contributed by atoms with Gasteiger partial charge in [-0.05, 0) is 38.3 Å². The summed E-state index contributed by atoms with van der Waals surface area (Å²) in [6, 6.07) is 10.2. The van der Waals surface area contributed by atoms with Crippen molar-refractivity contribution in [2.45, 2.75) is 38.6 Å². The molecule has 0 unspecified atom stereocenters. The molecule has 1 aliphatic rings. The van der Waals surface area contributed by atoms with Gasteiger partial charge in [0.1, 0.15) is 12.4 Å². The predicted octanol–water partition coefficient (Wildman–Crippen LogP) is 2.02. The van der Waals surface area contributed by atoms with E-state index in [-0.39, 0.29) is 5.91 Å². The summed E-state index contributed by atoms with van der Waals surface area (Å²) in [6.45, 7) is 4.83. The lowest BCUT2D eigenvalue weighted by Gasteiger charge is -2.22. The van der Waals surface area contributed by atoms with E-state index in [4.69, 9.17) is 4.74 Å². The van der Waals surface area contributed by atoms with Crippen molar-refractivity contribution < 1.29 is 9.53 Å². The molecule has 2 N–H and O–H groups in total. The summed E-state index contributed by atoms with van der Waals surface area (Å²) in [5, 5.41) is 6.28. The SMILES string of the molecule is CCNC(=NCCCC(=O)NC1CC1)N(C)CCOc1ccccc1. The average Bonchev–Trinajstić information content (AvgIpc) is 3.42. The molecule has 0 heterocycles. The third-order valence-corrected chi connectivity index (χ3v) is 3.90. The van der Waals surface area contributed by atoms with Gasteiger partial charge in [0.05, 0.1) is 6.54 Å². The first kappa shape index (κ1) is 19.1. The number of para-hydroxylation sites is 1. The second kappa shape index (κ2) is 10.6. The lowest BCUT2D eigenvalue weighted by Crippen LogP contribution is -2.41. The Kier molecular flexibility index (Phi) is 8.09. The van der Waals surface area contributed by atoms with Crippen LogP contribution in [-0.2, 0) is 4.79 Å². The second-order valence-electron chi connectivity index (χ2n) is 6.26. The van der Waals surface area contributed by atoms with Crippen molar-refractivity contribution >= 4 is 11.9 Å². The van der Waals surface area contributed by atoms with Gasteiger partial charge in [-0.3, -0.25) is 9.79 Å². The molecule has 0 aliphatic heterocycles. The summed E-state index contributed by atoms with van der Waals surface area (Å²) < 4.78 is 5.73. The maximum atomic E-state index is 11.7. The van der Waals surface area contributed by atoms with E-state index in [0.717, 1.165) is 44.1 Å². The largest absolute Gasteiger partial charge is 0.492 e. The number of amides is 1. The fraction of sp³-hybridized carbons (Fsp3) is 0.579. The predicted molar refractivity (Wildman–Crippen MR) is 101 cm³/mol. The minimum absolute atomic E-state index is 0.146. The van der Waals surface area contributed by atoms with Crippen molar-refractivity contribution in [3.05, 3.63) is 30.3 Å². The molecule has 0 atom stereocenters. The van der Waals surface area contributed by atoms with Gasteiger partial charge in [-0.15, -0.1) is 0 Å². The quantitative estimate of drug-likeness (QED) is 0.386. The Hall–Kier alpha value is -2.24. The van der Waals surface area contributed by atoms with Crippen LogP contribution in [0.5, 0.6) is 5.75 Å². The zero-order chi connectivity index (χ0) is 17.9. The van der Waals surface area contributed by atoms with Gasteiger partial charge >= 0.3 is 0 Å². The Morgan fingerprint density at radius 2 is 2.08 bits per heavy atom. The van der Waals surface area contributed by atoms with Gasteiger partial charge in [-0.1, -0.05) is 18.2 Å². The summed E-state index contributed by atoms with van der Waals surface area (Å²) in [6.07, 6.45) is 3.57. The van der Waals surface area contributed by atoms with Crippen LogP contribution in [0.15, 0.2) is 35.3 Å². The van der Waals surface area contributed by atoms with Crippen molar-refractivity contribution in [3.8, 4) is 5.75 Å². The third kappa shape index (κ3) is 7.92. The van der Waals surface area contributed by atoms with Crippen molar-refractivity contribution in [2.24, 2.45) is 4.99 Å². The highest BCUT2D eigenvalue weighted by atomic mass is 16.5. The normalized spacial score (nSPS) is 14.1. The van der Waals surface area contributed by atoms with Gasteiger partial charge < -0.3 is 20.3 Å². The van der Waals surface area contributed by atoms with Gasteiger partial charge in [-0.2, -0.15) is 0 Å². The molecule has 1 saturated carbocycles. The molecular formula is C19H30N4O2. The highest BCUT2D eigenvalue weighted by Gasteiger charge is 2.22. The smallest absolute Gasteiger partial charge is 0.220 e. The second-order valence-corrected chi connectivity index (χ2v) is 6.26. The molecule has 6 heteroatoms. The van der Waals surface area contributed by atoms with E-state index in [1.165, 1.54) is 0 Å². The molecule has 1 aromatic rings. The Morgan fingerprint density at radius 3 is 2.76 bits per heavy atom. The zero-order valence-electron chi connectivity index (χ0n) is 15.3. The maximum Gasteiger partial charge on any atom is 0.220 e. The Labute approximate surface area is 150 Å². The molecule has 0 saturated heterocycles. The van der Waals surface area contributed by atoms with Crippen LogP contribution in [0.1, 0.15) is 32.6 Å². The highest BCUT2D eigenvalue weighted by molar-refractivity contribution is 5.80. The maximum absolute atomic E-state index is 11.7. The summed E-state index contributed by atoms with van der Waals surface area (Å²) >= 11 is 0. The van der Waals surface area contributed by atoms with E-state index in [0.29, 0.717) is 25.6 Å². The van der Waals surface area contributed by atoms with E-state index in [1.54, 1.807) is 0 Å². The topological polar surface area (TPSA) is 66.0 Å². The fourth-order valence-electron chi connectivity index (χ4n) is 2.34. The number of hydrogen-bond acceptors (Lipinski definition) is 3. The number of rotatable bonds is 10. The van der Waals surface area contributed by atoms with E-state index in [2.05, 4.69) is 20.5 Å². The Bertz CT molecular complexity index is 544. The number of carbonyl (C=O) groups is 1. The average molecular weight is 346 g/mol. The Balaban J connectivity index is 1.68. The monoisotopic (exact) mass is 346 g/mol. The minimum atomic E-state index is 0.146. The van der Waals surface area contributed by atoms with Gasteiger partial charge in [-0.25, -0.2) is 0 Å². The molecule has 1 fully saturated rings. The lowest BCUT2D eigenvalue weighted by molar-refractivity contribution is -0.121. The molecule has 2 rings (SSSR count). The number of carbonyl (C=O) groups excluding carboxylic acids is 1. The van der Waals surface area contributed by atoms with Crippen LogP contribution in [0.3, 0.4) is 0 Å².